The Labute approximate surface area is 113 Å². The lowest BCUT2D eigenvalue weighted by Crippen LogP contribution is -2.13. The van der Waals surface area contributed by atoms with Gasteiger partial charge in [0.05, 0.1) is 11.3 Å². The van der Waals surface area contributed by atoms with Crippen molar-refractivity contribution in [3.8, 4) is 11.4 Å². The second-order valence-corrected chi connectivity index (χ2v) is 4.47. The highest BCUT2D eigenvalue weighted by molar-refractivity contribution is 5.61. The molecule has 2 rings (SSSR count). The van der Waals surface area contributed by atoms with Gasteiger partial charge >= 0.3 is 0 Å². The van der Waals surface area contributed by atoms with Crippen LogP contribution in [0.15, 0.2) is 6.20 Å². The first kappa shape index (κ1) is 13.5. The van der Waals surface area contributed by atoms with E-state index in [-0.39, 0.29) is 0 Å². The van der Waals surface area contributed by atoms with Gasteiger partial charge in [0.1, 0.15) is 5.82 Å². The molecule has 0 spiro atoms. The first-order chi connectivity index (χ1) is 9.10. The van der Waals surface area contributed by atoms with Crippen molar-refractivity contribution < 1.29 is 0 Å². The van der Waals surface area contributed by atoms with Gasteiger partial charge in [0.15, 0.2) is 5.82 Å². The summed E-state index contributed by atoms with van der Waals surface area (Å²) >= 11 is 0. The van der Waals surface area contributed by atoms with Crippen LogP contribution in [0.3, 0.4) is 0 Å². The molecule has 0 aromatic carbocycles. The topological polar surface area (TPSA) is 81.7 Å². The second kappa shape index (κ2) is 5.36. The summed E-state index contributed by atoms with van der Waals surface area (Å²) in [4.78, 5) is 9.10. The molecule has 0 aliphatic heterocycles. The number of aryl methyl sites for hydroxylation is 3. The number of nitrogen functional groups attached to an aromatic ring is 1. The van der Waals surface area contributed by atoms with Gasteiger partial charge in [0.25, 0.3) is 0 Å². The number of nitrogens with one attached hydrogen (secondary N) is 1. The highest BCUT2D eigenvalue weighted by Gasteiger charge is 2.15. The van der Waals surface area contributed by atoms with E-state index in [2.05, 4.69) is 34.3 Å². The summed E-state index contributed by atoms with van der Waals surface area (Å²) in [5.41, 5.74) is 6.62. The van der Waals surface area contributed by atoms with Crippen LogP contribution in [0.1, 0.15) is 30.8 Å². The maximum absolute atomic E-state index is 5.56. The number of aromatic nitrogens is 4. The quantitative estimate of drug-likeness (QED) is 0.644. The molecule has 0 saturated carbocycles. The fourth-order valence-electron chi connectivity index (χ4n) is 2.24. The molecule has 0 fully saturated rings. The predicted octanol–water partition coefficient (Wildman–Crippen LogP) is 1.60. The van der Waals surface area contributed by atoms with Gasteiger partial charge in [-0.25, -0.2) is 15.8 Å². The van der Waals surface area contributed by atoms with Gasteiger partial charge in [-0.15, -0.1) is 0 Å². The van der Waals surface area contributed by atoms with Crippen molar-refractivity contribution in [3.05, 3.63) is 23.1 Å². The average molecular weight is 260 g/mol. The van der Waals surface area contributed by atoms with Gasteiger partial charge in [0, 0.05) is 24.5 Å². The van der Waals surface area contributed by atoms with E-state index >= 15 is 0 Å². The third kappa shape index (κ3) is 2.44. The Morgan fingerprint density at radius 2 is 2.00 bits per heavy atom. The average Bonchev–Trinajstić information content (AvgIpc) is 2.78. The van der Waals surface area contributed by atoms with Crippen LogP contribution < -0.4 is 11.3 Å². The number of hydrogen-bond acceptors (Lipinski definition) is 5. The third-order valence-electron chi connectivity index (χ3n) is 3.19. The lowest BCUT2D eigenvalue weighted by Gasteiger charge is -2.11. The van der Waals surface area contributed by atoms with Crippen LogP contribution in [0.25, 0.3) is 11.4 Å². The predicted molar refractivity (Wildman–Crippen MR) is 75.5 cm³/mol. The number of hydrazine groups is 1. The van der Waals surface area contributed by atoms with Crippen molar-refractivity contribution in [1.82, 2.24) is 19.7 Å². The molecule has 2 aromatic rings. The lowest BCUT2D eigenvalue weighted by molar-refractivity contribution is 0.746. The fourth-order valence-corrected chi connectivity index (χ4v) is 2.24. The molecule has 0 radical (unpaired) electrons. The zero-order valence-electron chi connectivity index (χ0n) is 11.9. The van der Waals surface area contributed by atoms with Crippen LogP contribution in [0, 0.1) is 6.92 Å². The van der Waals surface area contributed by atoms with E-state index in [1.165, 1.54) is 0 Å². The van der Waals surface area contributed by atoms with Crippen LogP contribution >= 0.6 is 0 Å². The second-order valence-electron chi connectivity index (χ2n) is 4.47. The van der Waals surface area contributed by atoms with Crippen LogP contribution in [0.4, 0.5) is 5.82 Å². The number of nitrogens with two attached hydrogens (primary N) is 1. The zero-order chi connectivity index (χ0) is 14.0. The minimum Gasteiger partial charge on any atom is -0.308 e. The van der Waals surface area contributed by atoms with Gasteiger partial charge < -0.3 is 5.43 Å². The van der Waals surface area contributed by atoms with Crippen LogP contribution in [-0.4, -0.2) is 19.7 Å². The van der Waals surface area contributed by atoms with E-state index in [9.17, 15) is 0 Å². The van der Waals surface area contributed by atoms with Crippen molar-refractivity contribution in [2.75, 3.05) is 5.43 Å². The summed E-state index contributed by atoms with van der Waals surface area (Å²) in [7, 11) is 1.90. The van der Waals surface area contributed by atoms with Gasteiger partial charge in [-0.1, -0.05) is 13.8 Å². The van der Waals surface area contributed by atoms with E-state index in [0.29, 0.717) is 11.6 Å². The Balaban J connectivity index is 2.59. The molecule has 2 heterocycles. The Hall–Kier alpha value is -1.95. The Bertz CT molecular complexity index is 587. The minimum absolute atomic E-state index is 0.674. The van der Waals surface area contributed by atoms with Gasteiger partial charge in [-0.2, -0.15) is 5.10 Å². The minimum atomic E-state index is 0.674. The maximum Gasteiger partial charge on any atom is 0.165 e. The van der Waals surface area contributed by atoms with Crippen LogP contribution in [0.5, 0.6) is 0 Å². The molecule has 19 heavy (non-hydrogen) atoms. The molecular weight excluding hydrogens is 240 g/mol. The molecule has 0 bridgehead atoms. The van der Waals surface area contributed by atoms with Crippen LogP contribution in [0.2, 0.25) is 0 Å². The Morgan fingerprint density at radius 1 is 1.26 bits per heavy atom. The van der Waals surface area contributed by atoms with Crippen molar-refractivity contribution >= 4 is 5.82 Å². The molecule has 0 unspecified atom stereocenters. The van der Waals surface area contributed by atoms with E-state index in [4.69, 9.17) is 5.84 Å². The molecule has 6 nitrogen and oxygen atoms in total. The molecule has 2 aromatic heterocycles. The van der Waals surface area contributed by atoms with Crippen LogP contribution in [-0.2, 0) is 19.9 Å². The maximum atomic E-state index is 5.56. The molecule has 0 aliphatic rings. The highest BCUT2D eigenvalue weighted by Crippen LogP contribution is 2.24. The molecule has 0 atom stereocenters. The molecule has 6 heteroatoms. The first-order valence-corrected chi connectivity index (χ1v) is 6.47. The molecule has 102 valence electrons. The lowest BCUT2D eigenvalue weighted by atomic mass is 10.1. The summed E-state index contributed by atoms with van der Waals surface area (Å²) < 4.78 is 1.79. The third-order valence-corrected chi connectivity index (χ3v) is 3.19. The summed E-state index contributed by atoms with van der Waals surface area (Å²) in [6.07, 6.45) is 3.64. The van der Waals surface area contributed by atoms with Gasteiger partial charge in [-0.3, -0.25) is 4.68 Å². The summed E-state index contributed by atoms with van der Waals surface area (Å²) in [5, 5.41) is 4.42. The Morgan fingerprint density at radius 3 is 2.58 bits per heavy atom. The standard InChI is InChI=1S/C13H20N6/c1-5-9-8(3)15-12(16-13(9)17-14)10-7-19(4)18-11(10)6-2/h7H,5-6,14H2,1-4H3,(H,15,16,17). The number of nitrogens with zero attached hydrogens (tertiary/aromatic N) is 4. The smallest absolute Gasteiger partial charge is 0.165 e. The zero-order valence-corrected chi connectivity index (χ0v) is 11.9. The Kier molecular flexibility index (Phi) is 3.80. The largest absolute Gasteiger partial charge is 0.308 e. The van der Waals surface area contributed by atoms with E-state index in [0.717, 1.165) is 35.4 Å². The number of rotatable bonds is 4. The molecule has 0 saturated heterocycles. The molecular formula is C13H20N6. The SMILES string of the molecule is CCc1nn(C)cc1-c1nc(C)c(CC)c(NN)n1. The van der Waals surface area contributed by atoms with E-state index in [1.54, 1.807) is 4.68 Å². The highest BCUT2D eigenvalue weighted by atomic mass is 15.3. The van der Waals surface area contributed by atoms with Crippen molar-refractivity contribution in [3.63, 3.8) is 0 Å². The van der Waals surface area contributed by atoms with E-state index in [1.807, 2.05) is 20.2 Å². The molecule has 0 amide bonds. The van der Waals surface area contributed by atoms with Gasteiger partial charge in [0.2, 0.25) is 0 Å². The van der Waals surface area contributed by atoms with Crippen molar-refractivity contribution in [2.45, 2.75) is 33.6 Å². The first-order valence-electron chi connectivity index (χ1n) is 6.47. The van der Waals surface area contributed by atoms with Crippen molar-refractivity contribution in [1.29, 1.82) is 0 Å². The van der Waals surface area contributed by atoms with Crippen molar-refractivity contribution in [2.24, 2.45) is 12.9 Å². The van der Waals surface area contributed by atoms with Gasteiger partial charge in [-0.05, 0) is 19.8 Å². The summed E-state index contributed by atoms with van der Waals surface area (Å²) in [6.45, 7) is 6.11. The molecule has 0 aliphatic carbocycles. The number of hydrogen-bond donors (Lipinski definition) is 2. The fraction of sp³-hybridized carbons (Fsp3) is 0.462. The normalized spacial score (nSPS) is 10.8. The summed E-state index contributed by atoms with van der Waals surface area (Å²) in [6, 6.07) is 0. The monoisotopic (exact) mass is 260 g/mol. The van der Waals surface area contributed by atoms with E-state index < -0.39 is 0 Å². The summed E-state index contributed by atoms with van der Waals surface area (Å²) in [5.74, 6) is 6.92. The molecule has 3 N–H and O–H groups in total. The number of anilines is 1.